The first-order valence-electron chi connectivity index (χ1n) is 3.96. The predicted octanol–water partition coefficient (Wildman–Crippen LogP) is 3.11. The molecule has 0 aliphatic rings. The normalized spacial score (nSPS) is 12.1. The molecule has 2 nitrogen and oxygen atoms in total. The van der Waals surface area contributed by atoms with Gasteiger partial charge >= 0.3 is 0 Å². The van der Waals surface area contributed by atoms with Crippen LogP contribution in [0.15, 0.2) is 28.0 Å². The van der Waals surface area contributed by atoms with Crippen LogP contribution < -0.4 is 0 Å². The maximum absolute atomic E-state index is 12.8. The summed E-state index contributed by atoms with van der Waals surface area (Å²) in [5.41, 5.74) is 0. The average Bonchev–Trinajstić information content (AvgIpc) is 2.14. The lowest BCUT2D eigenvalue weighted by atomic mass is 10.3. The van der Waals surface area contributed by atoms with E-state index in [0.717, 1.165) is 12.1 Å². The largest absolute Gasteiger partial charge is 0.262 e. The fourth-order valence-corrected chi connectivity index (χ4v) is 3.20. The molecule has 0 aliphatic heterocycles. The summed E-state index contributed by atoms with van der Waals surface area (Å²) in [6, 6.07) is 2.80. The van der Waals surface area contributed by atoms with Gasteiger partial charge < -0.3 is 0 Å². The maximum Gasteiger partial charge on any atom is 0.262 e. The molecular weight excluding hydrogens is 285 g/mol. The second-order valence-electron chi connectivity index (χ2n) is 2.73. The quantitative estimate of drug-likeness (QED) is 0.631. The van der Waals surface area contributed by atoms with Gasteiger partial charge in [-0.15, -0.1) is 11.8 Å². The molecule has 0 amide bonds. The van der Waals surface area contributed by atoms with Crippen LogP contribution in [0.25, 0.3) is 0 Å². The Morgan fingerprint density at radius 3 is 2.50 bits per heavy atom. The molecule has 0 N–H and O–H groups in total. The Morgan fingerprint density at radius 2 is 2.00 bits per heavy atom. The minimum absolute atomic E-state index is 0.0108. The molecule has 1 rings (SSSR count). The van der Waals surface area contributed by atoms with Gasteiger partial charge in [0.15, 0.2) is 0 Å². The number of hydrogen-bond acceptors (Lipinski definition) is 3. The lowest BCUT2D eigenvalue weighted by molar-refractivity contribution is 0.177. The molecule has 0 saturated carbocycles. The summed E-state index contributed by atoms with van der Waals surface area (Å²) in [5.74, 6) is -1.37. The van der Waals surface area contributed by atoms with E-state index in [-0.39, 0.29) is 4.90 Å². The van der Waals surface area contributed by atoms with Crippen LogP contribution in [-0.4, -0.2) is 20.6 Å². The zero-order chi connectivity index (χ0) is 12.3. The number of thioether (sulfide) groups is 1. The van der Waals surface area contributed by atoms with E-state index < -0.39 is 31.9 Å². The van der Waals surface area contributed by atoms with Crippen molar-refractivity contribution in [3.8, 4) is 0 Å². The number of halogens is 4. The monoisotopic (exact) mass is 290 g/mol. The fraction of sp³-hybridized carbons (Fsp3) is 0.250. The first-order chi connectivity index (χ1) is 7.30. The lowest BCUT2D eigenvalue weighted by Crippen LogP contribution is -1.98. The summed E-state index contributed by atoms with van der Waals surface area (Å²) < 4.78 is 58.8. The van der Waals surface area contributed by atoms with Gasteiger partial charge in [-0.1, -0.05) is 0 Å². The Bertz CT molecular complexity index is 476. The van der Waals surface area contributed by atoms with Crippen LogP contribution in [0, 0.1) is 5.82 Å². The highest BCUT2D eigenvalue weighted by atomic mass is 35.7. The zero-order valence-corrected chi connectivity index (χ0v) is 10.1. The Balaban J connectivity index is 3.09. The first kappa shape index (κ1) is 13.7. The van der Waals surface area contributed by atoms with E-state index in [1.54, 1.807) is 0 Å². The summed E-state index contributed by atoms with van der Waals surface area (Å²) in [7, 11) is 0.918. The van der Waals surface area contributed by atoms with Crippen molar-refractivity contribution >= 4 is 31.5 Å². The number of rotatable bonds is 4. The predicted molar refractivity (Wildman–Crippen MR) is 56.2 cm³/mol. The molecule has 1 aromatic rings. The highest BCUT2D eigenvalue weighted by Gasteiger charge is 2.18. The third-order valence-corrected chi connectivity index (χ3v) is 4.11. The smallest absolute Gasteiger partial charge is 0.210 e. The van der Waals surface area contributed by atoms with Gasteiger partial charge in [-0.25, -0.2) is 21.6 Å². The van der Waals surface area contributed by atoms with Crippen LogP contribution in [-0.2, 0) is 9.05 Å². The minimum atomic E-state index is -4.14. The Morgan fingerprint density at radius 1 is 1.38 bits per heavy atom. The Labute approximate surface area is 99.2 Å². The van der Waals surface area contributed by atoms with Crippen LogP contribution in [0.5, 0.6) is 0 Å². The van der Waals surface area contributed by atoms with Crippen LogP contribution in [0.4, 0.5) is 13.2 Å². The molecule has 0 bridgehead atoms. The maximum atomic E-state index is 12.8. The van der Waals surface area contributed by atoms with Crippen molar-refractivity contribution in [2.24, 2.45) is 0 Å². The van der Waals surface area contributed by atoms with Crippen molar-refractivity contribution in [2.45, 2.75) is 16.2 Å². The second-order valence-corrected chi connectivity index (χ2v) is 6.33. The van der Waals surface area contributed by atoms with Crippen molar-refractivity contribution < 1.29 is 21.6 Å². The molecule has 8 heteroatoms. The second kappa shape index (κ2) is 5.29. The fourth-order valence-electron chi connectivity index (χ4n) is 0.944. The van der Waals surface area contributed by atoms with Crippen LogP contribution >= 0.6 is 22.4 Å². The lowest BCUT2D eigenvalue weighted by Gasteiger charge is -2.06. The average molecular weight is 291 g/mol. The van der Waals surface area contributed by atoms with Gasteiger partial charge in [0.1, 0.15) is 5.82 Å². The van der Waals surface area contributed by atoms with E-state index in [1.165, 1.54) is 0 Å². The highest BCUT2D eigenvalue weighted by molar-refractivity contribution is 8.14. The minimum Gasteiger partial charge on any atom is -0.210 e. The molecular formula is C8H6ClF3O2S2. The number of alkyl halides is 2. The van der Waals surface area contributed by atoms with Crippen molar-refractivity contribution in [2.75, 3.05) is 5.75 Å². The van der Waals surface area contributed by atoms with E-state index >= 15 is 0 Å². The molecule has 0 atom stereocenters. The van der Waals surface area contributed by atoms with E-state index in [0.29, 0.717) is 17.8 Å². The van der Waals surface area contributed by atoms with Gasteiger partial charge in [0.2, 0.25) is 6.43 Å². The third-order valence-electron chi connectivity index (χ3n) is 1.53. The summed E-state index contributed by atoms with van der Waals surface area (Å²) in [4.78, 5) is -0.475. The molecule has 0 fully saturated rings. The number of benzene rings is 1. The molecule has 0 spiro atoms. The standard InChI is InChI=1S/C8H6ClF3O2S2/c9-16(13,14)7-3-5(10)1-2-6(7)15-4-8(11)12/h1-3,8H,4H2. The molecule has 16 heavy (non-hydrogen) atoms. The molecule has 0 unspecified atom stereocenters. The highest BCUT2D eigenvalue weighted by Crippen LogP contribution is 2.30. The van der Waals surface area contributed by atoms with Crippen molar-refractivity contribution in [1.82, 2.24) is 0 Å². The molecule has 0 aliphatic carbocycles. The van der Waals surface area contributed by atoms with E-state index in [9.17, 15) is 21.6 Å². The SMILES string of the molecule is O=S(=O)(Cl)c1cc(F)ccc1SCC(F)F. The summed E-state index contributed by atoms with van der Waals surface area (Å²) in [6.45, 7) is 0. The molecule has 0 aromatic heterocycles. The molecule has 90 valence electrons. The van der Waals surface area contributed by atoms with Gasteiger partial charge in [-0.2, -0.15) is 0 Å². The van der Waals surface area contributed by atoms with E-state index in [4.69, 9.17) is 10.7 Å². The molecule has 0 heterocycles. The molecule has 0 radical (unpaired) electrons. The van der Waals surface area contributed by atoms with Crippen LogP contribution in [0.2, 0.25) is 0 Å². The molecule has 1 aromatic carbocycles. The topological polar surface area (TPSA) is 34.1 Å². The zero-order valence-electron chi connectivity index (χ0n) is 7.66. The van der Waals surface area contributed by atoms with Gasteiger partial charge in [0.05, 0.1) is 10.6 Å². The van der Waals surface area contributed by atoms with E-state index in [1.807, 2.05) is 0 Å². The molecule has 0 saturated heterocycles. The van der Waals surface area contributed by atoms with Gasteiger partial charge in [-0.3, -0.25) is 0 Å². The van der Waals surface area contributed by atoms with Gasteiger partial charge in [-0.05, 0) is 18.2 Å². The van der Waals surface area contributed by atoms with Crippen molar-refractivity contribution in [3.63, 3.8) is 0 Å². The van der Waals surface area contributed by atoms with Crippen LogP contribution in [0.1, 0.15) is 0 Å². The van der Waals surface area contributed by atoms with Crippen LogP contribution in [0.3, 0.4) is 0 Å². The summed E-state index contributed by atoms with van der Waals surface area (Å²) >= 11 is 0.610. The van der Waals surface area contributed by atoms with Crippen molar-refractivity contribution in [3.05, 3.63) is 24.0 Å². The first-order valence-corrected chi connectivity index (χ1v) is 7.25. The third kappa shape index (κ3) is 3.88. The Hall–Kier alpha value is -0.400. The Kier molecular flexibility index (Phi) is 4.52. The van der Waals surface area contributed by atoms with E-state index in [2.05, 4.69) is 0 Å². The van der Waals surface area contributed by atoms with Gasteiger partial charge in [0.25, 0.3) is 9.05 Å². The number of hydrogen-bond donors (Lipinski definition) is 0. The summed E-state index contributed by atoms with van der Waals surface area (Å²) in [6.07, 6.45) is -2.58. The van der Waals surface area contributed by atoms with Gasteiger partial charge in [0, 0.05) is 15.6 Å². The van der Waals surface area contributed by atoms with Crippen molar-refractivity contribution in [1.29, 1.82) is 0 Å². The summed E-state index contributed by atoms with van der Waals surface area (Å²) in [5, 5.41) is 0.